The molecular formula is C21H30N2O2. The molecule has 4 rings (SSSR count). The van der Waals surface area contributed by atoms with Gasteiger partial charge in [-0.1, -0.05) is 43.2 Å². The molecule has 4 heteroatoms. The van der Waals surface area contributed by atoms with Crippen molar-refractivity contribution >= 4 is 5.91 Å². The van der Waals surface area contributed by atoms with Gasteiger partial charge in [-0.3, -0.25) is 9.69 Å². The lowest BCUT2D eigenvalue weighted by Gasteiger charge is -2.55. The van der Waals surface area contributed by atoms with Crippen molar-refractivity contribution in [1.82, 2.24) is 10.2 Å². The van der Waals surface area contributed by atoms with Gasteiger partial charge < -0.3 is 10.1 Å². The average molecular weight is 342 g/mol. The Morgan fingerprint density at radius 2 is 1.80 bits per heavy atom. The van der Waals surface area contributed by atoms with Gasteiger partial charge in [-0.2, -0.15) is 0 Å². The predicted octanol–water partition coefficient (Wildman–Crippen LogP) is 2.80. The number of fused-ring (bicyclic) bond motifs is 1. The van der Waals surface area contributed by atoms with Crippen molar-refractivity contribution < 1.29 is 9.53 Å². The van der Waals surface area contributed by atoms with E-state index in [-0.39, 0.29) is 11.9 Å². The second-order valence-electron chi connectivity index (χ2n) is 7.91. The largest absolute Gasteiger partial charge is 0.379 e. The van der Waals surface area contributed by atoms with Gasteiger partial charge in [0.25, 0.3) is 0 Å². The molecule has 25 heavy (non-hydrogen) atoms. The van der Waals surface area contributed by atoms with Crippen LogP contribution in [0.5, 0.6) is 0 Å². The minimum absolute atomic E-state index is 0.0667. The molecule has 136 valence electrons. The molecule has 2 saturated carbocycles. The standard InChI is InChI=1S/C21H30N2O2/c1-15(23-11-13-25-14-12-23)21(24)22-20-18-10-6-5-9-17(18)19(20)16-7-3-2-4-8-16/h2-4,7-8,15,17-20H,5-6,9-14H2,1H3,(H,22,24)/t15-,17+,18-,19+,20+/m1/s1. The molecule has 1 N–H and O–H groups in total. The van der Waals surface area contributed by atoms with Crippen LogP contribution in [0, 0.1) is 11.8 Å². The van der Waals surface area contributed by atoms with Crippen molar-refractivity contribution in [2.24, 2.45) is 11.8 Å². The van der Waals surface area contributed by atoms with Crippen LogP contribution in [0.4, 0.5) is 0 Å². The molecule has 2 aliphatic carbocycles. The molecule has 4 nitrogen and oxygen atoms in total. The molecule has 0 radical (unpaired) electrons. The summed E-state index contributed by atoms with van der Waals surface area (Å²) in [6.07, 6.45) is 5.24. The van der Waals surface area contributed by atoms with Gasteiger partial charge in [-0.25, -0.2) is 0 Å². The van der Waals surface area contributed by atoms with Crippen molar-refractivity contribution in [3.63, 3.8) is 0 Å². The fourth-order valence-electron chi connectivity index (χ4n) is 5.21. The Hall–Kier alpha value is -1.39. The highest BCUT2D eigenvalue weighted by Gasteiger charge is 2.52. The number of carbonyl (C=O) groups is 1. The van der Waals surface area contributed by atoms with Crippen LogP contribution in [0.3, 0.4) is 0 Å². The van der Waals surface area contributed by atoms with E-state index in [0.717, 1.165) is 32.2 Å². The Morgan fingerprint density at radius 1 is 1.12 bits per heavy atom. The van der Waals surface area contributed by atoms with Gasteiger partial charge in [0.15, 0.2) is 0 Å². The first-order valence-electron chi connectivity index (χ1n) is 9.93. The molecule has 1 aromatic rings. The number of nitrogens with zero attached hydrogens (tertiary/aromatic N) is 1. The minimum atomic E-state index is -0.0667. The third-order valence-electron chi connectivity index (χ3n) is 6.65. The van der Waals surface area contributed by atoms with Crippen molar-refractivity contribution in [3.8, 4) is 0 Å². The van der Waals surface area contributed by atoms with Crippen LogP contribution in [0.1, 0.15) is 44.1 Å². The number of amides is 1. The zero-order chi connectivity index (χ0) is 17.2. The van der Waals surface area contributed by atoms with E-state index < -0.39 is 0 Å². The third kappa shape index (κ3) is 3.34. The van der Waals surface area contributed by atoms with Crippen LogP contribution in [-0.2, 0) is 9.53 Å². The highest BCUT2D eigenvalue weighted by molar-refractivity contribution is 5.82. The van der Waals surface area contributed by atoms with Gasteiger partial charge >= 0.3 is 0 Å². The molecule has 0 spiro atoms. The minimum Gasteiger partial charge on any atom is -0.379 e. The van der Waals surface area contributed by atoms with Gasteiger partial charge in [0.2, 0.25) is 5.91 Å². The number of morpholine rings is 1. The molecule has 1 aromatic carbocycles. The Kier molecular flexibility index (Phi) is 5.09. The van der Waals surface area contributed by atoms with Crippen molar-refractivity contribution in [1.29, 1.82) is 0 Å². The number of rotatable bonds is 4. The summed E-state index contributed by atoms with van der Waals surface area (Å²) >= 11 is 0. The van der Waals surface area contributed by atoms with Gasteiger partial charge in [0.05, 0.1) is 19.3 Å². The quantitative estimate of drug-likeness (QED) is 0.915. The molecule has 3 aliphatic rings. The maximum atomic E-state index is 12.9. The first-order valence-corrected chi connectivity index (χ1v) is 9.93. The lowest BCUT2D eigenvalue weighted by Crippen LogP contribution is -2.62. The Bertz CT molecular complexity index is 585. The molecule has 1 heterocycles. The fraction of sp³-hybridized carbons (Fsp3) is 0.667. The maximum Gasteiger partial charge on any atom is 0.237 e. The van der Waals surface area contributed by atoms with E-state index in [2.05, 4.69) is 40.5 Å². The van der Waals surface area contributed by atoms with E-state index in [9.17, 15) is 4.79 Å². The maximum absolute atomic E-state index is 12.9. The molecule has 0 bridgehead atoms. The Labute approximate surface area is 150 Å². The van der Waals surface area contributed by atoms with Crippen molar-refractivity contribution in [3.05, 3.63) is 35.9 Å². The molecule has 3 fully saturated rings. The van der Waals surface area contributed by atoms with Crippen molar-refractivity contribution in [2.45, 2.75) is 50.6 Å². The Morgan fingerprint density at radius 3 is 2.52 bits per heavy atom. The topological polar surface area (TPSA) is 41.6 Å². The first kappa shape index (κ1) is 17.0. The molecule has 5 atom stereocenters. The van der Waals surface area contributed by atoms with E-state index in [4.69, 9.17) is 4.74 Å². The van der Waals surface area contributed by atoms with E-state index >= 15 is 0 Å². The monoisotopic (exact) mass is 342 g/mol. The third-order valence-corrected chi connectivity index (χ3v) is 6.65. The summed E-state index contributed by atoms with van der Waals surface area (Å²) in [5.41, 5.74) is 1.40. The normalized spacial score (nSPS) is 33.8. The molecule has 1 aliphatic heterocycles. The van der Waals surface area contributed by atoms with Gasteiger partial charge in [0, 0.05) is 25.0 Å². The summed E-state index contributed by atoms with van der Waals surface area (Å²) in [7, 11) is 0. The SMILES string of the molecule is C[C@H](C(=O)N[C@H]1[C@@H]2CCCC[C@@H]2[C@@H]1c1ccccc1)N1CCOCC1. The smallest absolute Gasteiger partial charge is 0.237 e. The van der Waals surface area contributed by atoms with Gasteiger partial charge in [0.1, 0.15) is 0 Å². The summed E-state index contributed by atoms with van der Waals surface area (Å²) in [6, 6.07) is 11.0. The molecule has 0 aromatic heterocycles. The van der Waals surface area contributed by atoms with E-state index in [1.54, 1.807) is 0 Å². The van der Waals surface area contributed by atoms with Crippen LogP contribution in [-0.4, -0.2) is 49.2 Å². The summed E-state index contributed by atoms with van der Waals surface area (Å²) < 4.78 is 5.42. The van der Waals surface area contributed by atoms with Crippen LogP contribution >= 0.6 is 0 Å². The van der Waals surface area contributed by atoms with E-state index in [1.807, 2.05) is 6.92 Å². The number of hydrogen-bond acceptors (Lipinski definition) is 3. The summed E-state index contributed by atoms with van der Waals surface area (Å²) in [6.45, 7) is 5.22. The van der Waals surface area contributed by atoms with E-state index in [1.165, 1.54) is 31.2 Å². The van der Waals surface area contributed by atoms with Crippen LogP contribution < -0.4 is 5.32 Å². The Balaban J connectivity index is 1.46. The van der Waals surface area contributed by atoms with Gasteiger partial charge in [-0.15, -0.1) is 0 Å². The number of carbonyl (C=O) groups excluding carboxylic acids is 1. The molecular weight excluding hydrogens is 312 g/mol. The van der Waals surface area contributed by atoms with Crippen molar-refractivity contribution in [2.75, 3.05) is 26.3 Å². The highest BCUT2D eigenvalue weighted by Crippen LogP contribution is 2.54. The van der Waals surface area contributed by atoms with Crippen LogP contribution in [0.15, 0.2) is 30.3 Å². The number of nitrogens with one attached hydrogen (secondary N) is 1. The van der Waals surface area contributed by atoms with Crippen LogP contribution in [0.2, 0.25) is 0 Å². The second kappa shape index (κ2) is 7.46. The molecule has 1 amide bonds. The molecule has 0 unspecified atom stereocenters. The number of ether oxygens (including phenoxy) is 1. The van der Waals surface area contributed by atoms with Crippen LogP contribution in [0.25, 0.3) is 0 Å². The first-order chi connectivity index (χ1) is 12.3. The lowest BCUT2D eigenvalue weighted by atomic mass is 9.53. The second-order valence-corrected chi connectivity index (χ2v) is 7.91. The number of benzene rings is 1. The summed E-state index contributed by atoms with van der Waals surface area (Å²) in [4.78, 5) is 15.1. The summed E-state index contributed by atoms with van der Waals surface area (Å²) in [5.74, 6) is 2.10. The molecule has 1 saturated heterocycles. The zero-order valence-electron chi connectivity index (χ0n) is 15.2. The average Bonchev–Trinajstić information content (AvgIpc) is 2.67. The van der Waals surface area contributed by atoms with E-state index in [0.29, 0.717) is 17.9 Å². The lowest BCUT2D eigenvalue weighted by molar-refractivity contribution is -0.131. The van der Waals surface area contributed by atoms with Gasteiger partial charge in [-0.05, 0) is 37.2 Å². The summed E-state index contributed by atoms with van der Waals surface area (Å²) in [5, 5.41) is 3.44. The zero-order valence-corrected chi connectivity index (χ0v) is 15.2. The highest BCUT2D eigenvalue weighted by atomic mass is 16.5. The predicted molar refractivity (Wildman–Crippen MR) is 98.4 cm³/mol. The fourth-order valence-corrected chi connectivity index (χ4v) is 5.21. The number of hydrogen-bond donors (Lipinski definition) is 1.